The van der Waals surface area contributed by atoms with Crippen LogP contribution in [0.25, 0.3) is 0 Å². The van der Waals surface area contributed by atoms with Crippen molar-refractivity contribution in [1.82, 2.24) is 4.72 Å². The van der Waals surface area contributed by atoms with Crippen LogP contribution in [0.4, 0.5) is 22.0 Å². The molecular weight excluding hydrogens is 341 g/mol. The Morgan fingerprint density at radius 1 is 0.957 bits per heavy atom. The van der Waals surface area contributed by atoms with Crippen LogP contribution >= 0.6 is 0 Å². The first-order chi connectivity index (χ1) is 10.4. The topological polar surface area (TPSA) is 46.2 Å². The van der Waals surface area contributed by atoms with Crippen LogP contribution < -0.4 is 4.72 Å². The van der Waals surface area contributed by atoms with Gasteiger partial charge >= 0.3 is 11.4 Å². The largest absolute Gasteiger partial charge is 0.470 e. The van der Waals surface area contributed by atoms with Crippen molar-refractivity contribution in [3.05, 3.63) is 0 Å². The first-order valence-electron chi connectivity index (χ1n) is 7.83. The van der Waals surface area contributed by atoms with Gasteiger partial charge in [0, 0.05) is 6.04 Å². The Kier molecular flexibility index (Phi) is 3.80. The van der Waals surface area contributed by atoms with E-state index in [0.29, 0.717) is 37.0 Å². The summed E-state index contributed by atoms with van der Waals surface area (Å²) in [6.45, 7) is 1.43. The highest BCUT2D eigenvalue weighted by Gasteiger charge is 2.68. The van der Waals surface area contributed by atoms with Gasteiger partial charge in [0.25, 0.3) is 10.0 Å². The fourth-order valence-electron chi connectivity index (χ4n) is 5.29. The van der Waals surface area contributed by atoms with Gasteiger partial charge in [-0.2, -0.15) is 22.0 Å². The second kappa shape index (κ2) is 5.03. The van der Waals surface area contributed by atoms with Crippen molar-refractivity contribution >= 4 is 10.0 Å². The zero-order chi connectivity index (χ0) is 17.3. The molecule has 0 aromatic carbocycles. The molecule has 1 atom stereocenters. The zero-order valence-electron chi connectivity index (χ0n) is 12.7. The van der Waals surface area contributed by atoms with Crippen LogP contribution in [0.3, 0.4) is 0 Å². The van der Waals surface area contributed by atoms with Gasteiger partial charge < -0.3 is 0 Å². The summed E-state index contributed by atoms with van der Waals surface area (Å²) >= 11 is 0. The molecule has 4 fully saturated rings. The zero-order valence-corrected chi connectivity index (χ0v) is 13.5. The number of hydrogen-bond acceptors (Lipinski definition) is 2. The van der Waals surface area contributed by atoms with Gasteiger partial charge in [-0.15, -0.1) is 0 Å². The van der Waals surface area contributed by atoms with Crippen LogP contribution in [0, 0.1) is 23.2 Å². The van der Waals surface area contributed by atoms with E-state index in [4.69, 9.17) is 0 Å². The highest BCUT2D eigenvalue weighted by Crippen LogP contribution is 2.61. The highest BCUT2D eigenvalue weighted by atomic mass is 32.2. The van der Waals surface area contributed by atoms with Crippen LogP contribution in [-0.2, 0) is 10.0 Å². The van der Waals surface area contributed by atoms with E-state index in [-0.39, 0.29) is 0 Å². The van der Waals surface area contributed by atoms with Crippen molar-refractivity contribution in [3.63, 3.8) is 0 Å². The molecule has 0 amide bonds. The molecule has 0 heterocycles. The van der Waals surface area contributed by atoms with E-state index < -0.39 is 32.9 Å². The highest BCUT2D eigenvalue weighted by molar-refractivity contribution is 7.90. The molecule has 0 radical (unpaired) electrons. The quantitative estimate of drug-likeness (QED) is 0.777. The van der Waals surface area contributed by atoms with Gasteiger partial charge in [0.15, 0.2) is 0 Å². The lowest BCUT2D eigenvalue weighted by Crippen LogP contribution is -2.59. The monoisotopic (exact) mass is 361 g/mol. The van der Waals surface area contributed by atoms with Crippen molar-refractivity contribution in [2.24, 2.45) is 23.2 Å². The summed E-state index contributed by atoms with van der Waals surface area (Å²) in [6.07, 6.45) is -0.798. The Morgan fingerprint density at radius 2 is 1.35 bits per heavy atom. The molecule has 0 aromatic rings. The van der Waals surface area contributed by atoms with Crippen molar-refractivity contribution in [2.45, 2.75) is 62.9 Å². The average molecular weight is 361 g/mol. The molecule has 4 saturated carbocycles. The third kappa shape index (κ3) is 2.67. The molecular formula is C14H20F5NO2S. The number of sulfonamides is 1. The van der Waals surface area contributed by atoms with E-state index in [2.05, 4.69) is 0 Å². The van der Waals surface area contributed by atoms with Crippen molar-refractivity contribution in [2.75, 3.05) is 0 Å². The Morgan fingerprint density at radius 3 is 1.70 bits per heavy atom. The summed E-state index contributed by atoms with van der Waals surface area (Å²) in [7, 11) is -5.82. The number of hydrogen-bond donors (Lipinski definition) is 1. The number of halogens is 5. The minimum atomic E-state index is -6.12. The maximum atomic E-state index is 13.3. The van der Waals surface area contributed by atoms with E-state index in [1.54, 1.807) is 4.72 Å². The van der Waals surface area contributed by atoms with Crippen LogP contribution in [0.1, 0.15) is 45.4 Å². The summed E-state index contributed by atoms with van der Waals surface area (Å²) in [5.41, 5.74) is -0.483. The van der Waals surface area contributed by atoms with Gasteiger partial charge in [-0.25, -0.2) is 13.1 Å². The molecule has 9 heteroatoms. The van der Waals surface area contributed by atoms with E-state index in [9.17, 15) is 30.4 Å². The Balaban J connectivity index is 1.81. The smallest absolute Gasteiger partial charge is 0.206 e. The summed E-state index contributed by atoms with van der Waals surface area (Å²) in [5, 5.41) is -5.78. The lowest BCUT2D eigenvalue weighted by atomic mass is 9.48. The van der Waals surface area contributed by atoms with E-state index in [0.717, 1.165) is 19.3 Å². The van der Waals surface area contributed by atoms with E-state index in [1.807, 2.05) is 0 Å². The molecule has 0 saturated heterocycles. The number of nitrogens with one attached hydrogen (secondary N) is 1. The second-order valence-electron chi connectivity index (χ2n) is 7.64. The Bertz CT molecular complexity index is 551. The minimum Gasteiger partial charge on any atom is -0.206 e. The molecule has 0 aliphatic heterocycles. The van der Waals surface area contributed by atoms with E-state index in [1.165, 1.54) is 6.92 Å². The molecule has 23 heavy (non-hydrogen) atoms. The summed E-state index contributed by atoms with van der Waals surface area (Å²) < 4.78 is 88.6. The fourth-order valence-corrected chi connectivity index (χ4v) is 6.46. The normalized spacial score (nSPS) is 38.8. The molecule has 0 spiro atoms. The van der Waals surface area contributed by atoms with Gasteiger partial charge in [-0.3, -0.25) is 0 Å². The Labute approximate surface area is 132 Å². The predicted octanol–water partition coefficient (Wildman–Crippen LogP) is 3.67. The van der Waals surface area contributed by atoms with Crippen LogP contribution in [0.2, 0.25) is 0 Å². The molecule has 1 unspecified atom stereocenters. The molecule has 1 N–H and O–H groups in total. The summed E-state index contributed by atoms with van der Waals surface area (Å²) in [6, 6.07) is -0.922. The fraction of sp³-hybridized carbons (Fsp3) is 1.00. The third-order valence-corrected chi connectivity index (χ3v) is 7.57. The maximum Gasteiger partial charge on any atom is 0.470 e. The molecule has 4 aliphatic carbocycles. The van der Waals surface area contributed by atoms with Crippen LogP contribution in [0.5, 0.6) is 0 Å². The standard InChI is InChI=1S/C14H20F5NO2S/c1-8(20-23(21,22)14(18,19)13(15,16)17)12-5-9-2-10(6-12)4-11(3-9)7-12/h8-11,20H,2-7H2,1H3. The summed E-state index contributed by atoms with van der Waals surface area (Å²) in [5.74, 6) is 1.32. The summed E-state index contributed by atoms with van der Waals surface area (Å²) in [4.78, 5) is 0. The van der Waals surface area contributed by atoms with Gasteiger partial charge in [0.05, 0.1) is 0 Å². The maximum absolute atomic E-state index is 13.3. The van der Waals surface area contributed by atoms with E-state index >= 15 is 0 Å². The molecule has 4 aliphatic rings. The first kappa shape index (κ1) is 17.4. The van der Waals surface area contributed by atoms with Crippen LogP contribution in [0.15, 0.2) is 0 Å². The van der Waals surface area contributed by atoms with Crippen molar-refractivity contribution in [3.8, 4) is 0 Å². The average Bonchev–Trinajstić information content (AvgIpc) is 2.34. The van der Waals surface area contributed by atoms with Gasteiger partial charge in [0.1, 0.15) is 0 Å². The number of alkyl halides is 5. The van der Waals surface area contributed by atoms with Gasteiger partial charge in [0.2, 0.25) is 0 Å². The van der Waals surface area contributed by atoms with Crippen LogP contribution in [-0.4, -0.2) is 25.9 Å². The molecule has 4 bridgehead atoms. The minimum absolute atomic E-state index is 0.441. The number of rotatable bonds is 4. The molecule has 4 rings (SSSR count). The predicted molar refractivity (Wildman–Crippen MR) is 73.1 cm³/mol. The lowest BCUT2D eigenvalue weighted by molar-refractivity contribution is -0.241. The first-order valence-corrected chi connectivity index (χ1v) is 9.31. The third-order valence-electron chi connectivity index (χ3n) is 6.00. The molecule has 3 nitrogen and oxygen atoms in total. The van der Waals surface area contributed by atoms with Gasteiger partial charge in [-0.05, 0) is 68.6 Å². The second-order valence-corrected chi connectivity index (χ2v) is 9.39. The molecule has 0 aromatic heterocycles. The Hall–Kier alpha value is -0.440. The lowest BCUT2D eigenvalue weighted by Gasteiger charge is -2.59. The van der Waals surface area contributed by atoms with Crippen molar-refractivity contribution < 1.29 is 30.4 Å². The molecule has 134 valence electrons. The SMILES string of the molecule is CC(NS(=O)(=O)C(F)(F)C(F)(F)F)C12CC3CC(CC(C3)C1)C2. The van der Waals surface area contributed by atoms with Gasteiger partial charge in [-0.1, -0.05) is 0 Å². The van der Waals surface area contributed by atoms with Crippen molar-refractivity contribution in [1.29, 1.82) is 0 Å².